The molecular formula is C12H17F3N2O. The van der Waals surface area contributed by atoms with E-state index in [2.05, 4.69) is 4.98 Å². The maximum Gasteiger partial charge on any atom is 0.405 e. The van der Waals surface area contributed by atoms with Crippen LogP contribution in [0.4, 0.5) is 19.0 Å². The standard InChI is InChI=1S/C12H17F3N2O/c1-8(2)17(7-12(13,14)15)11-6-10(9(3)18)4-5-16-11/h4-6,8-9,18H,7H2,1-3H3/t9-/m1/s1. The number of aliphatic hydroxyl groups excluding tert-OH is 1. The molecule has 1 rings (SSSR count). The van der Waals surface area contributed by atoms with Crippen LogP contribution < -0.4 is 4.90 Å². The molecule has 0 unspecified atom stereocenters. The van der Waals surface area contributed by atoms with Crippen molar-refractivity contribution in [1.29, 1.82) is 0 Å². The zero-order valence-corrected chi connectivity index (χ0v) is 10.6. The average molecular weight is 262 g/mol. The van der Waals surface area contributed by atoms with E-state index in [-0.39, 0.29) is 11.9 Å². The van der Waals surface area contributed by atoms with Crippen molar-refractivity contribution < 1.29 is 18.3 Å². The second kappa shape index (κ2) is 5.56. The summed E-state index contributed by atoms with van der Waals surface area (Å²) in [7, 11) is 0. The Morgan fingerprint density at radius 2 is 1.94 bits per heavy atom. The number of nitrogens with zero attached hydrogens (tertiary/aromatic N) is 2. The number of rotatable bonds is 4. The molecule has 0 fully saturated rings. The molecule has 1 heterocycles. The molecule has 0 saturated heterocycles. The van der Waals surface area contributed by atoms with E-state index >= 15 is 0 Å². The molecule has 0 amide bonds. The Labute approximate surface area is 104 Å². The maximum absolute atomic E-state index is 12.5. The molecule has 1 atom stereocenters. The molecule has 3 nitrogen and oxygen atoms in total. The van der Waals surface area contributed by atoms with Gasteiger partial charge in [-0.2, -0.15) is 13.2 Å². The number of aromatic nitrogens is 1. The predicted molar refractivity (Wildman–Crippen MR) is 63.4 cm³/mol. The van der Waals surface area contributed by atoms with Gasteiger partial charge in [-0.25, -0.2) is 4.98 Å². The van der Waals surface area contributed by atoms with Gasteiger partial charge in [0.15, 0.2) is 0 Å². The summed E-state index contributed by atoms with van der Waals surface area (Å²) in [4.78, 5) is 5.10. The van der Waals surface area contributed by atoms with Crippen molar-refractivity contribution in [1.82, 2.24) is 4.98 Å². The summed E-state index contributed by atoms with van der Waals surface area (Å²) in [6, 6.07) is 2.74. The molecule has 0 aromatic carbocycles. The van der Waals surface area contributed by atoms with E-state index in [1.807, 2.05) is 0 Å². The van der Waals surface area contributed by atoms with Gasteiger partial charge in [-0.05, 0) is 38.5 Å². The van der Waals surface area contributed by atoms with Crippen LogP contribution in [0.5, 0.6) is 0 Å². The van der Waals surface area contributed by atoms with Gasteiger partial charge in [0, 0.05) is 12.2 Å². The van der Waals surface area contributed by atoms with Crippen molar-refractivity contribution in [3.63, 3.8) is 0 Å². The third-order valence-electron chi connectivity index (χ3n) is 2.52. The molecule has 0 radical (unpaired) electrons. The first kappa shape index (κ1) is 14.8. The molecule has 0 bridgehead atoms. The second-order valence-corrected chi connectivity index (χ2v) is 4.46. The molecular weight excluding hydrogens is 245 g/mol. The van der Waals surface area contributed by atoms with Gasteiger partial charge in [-0.15, -0.1) is 0 Å². The van der Waals surface area contributed by atoms with Crippen LogP contribution in [0.15, 0.2) is 18.3 Å². The number of hydrogen-bond acceptors (Lipinski definition) is 3. The molecule has 6 heteroatoms. The lowest BCUT2D eigenvalue weighted by Gasteiger charge is -2.29. The van der Waals surface area contributed by atoms with Crippen LogP contribution >= 0.6 is 0 Å². The summed E-state index contributed by atoms with van der Waals surface area (Å²) in [6.45, 7) is 3.84. The van der Waals surface area contributed by atoms with Crippen molar-refractivity contribution in [3.05, 3.63) is 23.9 Å². The predicted octanol–water partition coefficient (Wildman–Crippen LogP) is 2.91. The Bertz CT molecular complexity index is 391. The number of halogens is 3. The van der Waals surface area contributed by atoms with Gasteiger partial charge >= 0.3 is 6.18 Å². The first-order valence-corrected chi connectivity index (χ1v) is 5.68. The molecule has 0 saturated carbocycles. The normalized spacial score (nSPS) is 13.8. The summed E-state index contributed by atoms with van der Waals surface area (Å²) in [5.41, 5.74) is 0.549. The van der Waals surface area contributed by atoms with Gasteiger partial charge in [-0.1, -0.05) is 0 Å². The number of pyridine rings is 1. The van der Waals surface area contributed by atoms with E-state index in [4.69, 9.17) is 0 Å². The highest BCUT2D eigenvalue weighted by Gasteiger charge is 2.32. The topological polar surface area (TPSA) is 36.4 Å². The molecule has 0 aliphatic heterocycles. The summed E-state index contributed by atoms with van der Waals surface area (Å²) in [5, 5.41) is 9.43. The van der Waals surface area contributed by atoms with Crippen LogP contribution in [0, 0.1) is 0 Å². The maximum atomic E-state index is 12.5. The van der Waals surface area contributed by atoms with E-state index in [1.54, 1.807) is 26.8 Å². The summed E-state index contributed by atoms with van der Waals surface area (Å²) in [6.07, 6.45) is -3.61. The van der Waals surface area contributed by atoms with E-state index in [0.717, 1.165) is 4.90 Å². The van der Waals surface area contributed by atoms with E-state index in [9.17, 15) is 18.3 Å². The Hall–Kier alpha value is -1.30. The van der Waals surface area contributed by atoms with Gasteiger partial charge in [0.2, 0.25) is 0 Å². The SMILES string of the molecule is CC(C)N(CC(F)(F)F)c1cc([C@@H](C)O)ccn1. The van der Waals surface area contributed by atoms with E-state index in [0.29, 0.717) is 5.56 Å². The largest absolute Gasteiger partial charge is 0.405 e. The minimum absolute atomic E-state index is 0.223. The van der Waals surface area contributed by atoms with Gasteiger partial charge < -0.3 is 10.0 Å². The fraction of sp³-hybridized carbons (Fsp3) is 0.583. The number of alkyl halides is 3. The van der Waals surface area contributed by atoms with E-state index < -0.39 is 18.8 Å². The molecule has 1 N–H and O–H groups in total. The fourth-order valence-corrected chi connectivity index (χ4v) is 1.57. The van der Waals surface area contributed by atoms with Crippen LogP contribution in [0.25, 0.3) is 0 Å². The van der Waals surface area contributed by atoms with E-state index in [1.165, 1.54) is 12.3 Å². The van der Waals surface area contributed by atoms with Crippen LogP contribution in [0.2, 0.25) is 0 Å². The molecule has 18 heavy (non-hydrogen) atoms. The first-order chi connectivity index (χ1) is 8.20. The lowest BCUT2D eigenvalue weighted by molar-refractivity contribution is -0.120. The van der Waals surface area contributed by atoms with Crippen LogP contribution in [0.3, 0.4) is 0 Å². The zero-order valence-electron chi connectivity index (χ0n) is 10.6. The summed E-state index contributed by atoms with van der Waals surface area (Å²) in [5.74, 6) is 0.223. The van der Waals surface area contributed by atoms with Crippen molar-refractivity contribution in [3.8, 4) is 0 Å². The number of hydrogen-bond donors (Lipinski definition) is 1. The Kier molecular flexibility index (Phi) is 4.56. The fourth-order valence-electron chi connectivity index (χ4n) is 1.57. The smallest absolute Gasteiger partial charge is 0.389 e. The van der Waals surface area contributed by atoms with Crippen molar-refractivity contribution in [2.24, 2.45) is 0 Å². The highest BCUT2D eigenvalue weighted by molar-refractivity contribution is 5.42. The molecule has 0 aliphatic rings. The minimum Gasteiger partial charge on any atom is -0.389 e. The lowest BCUT2D eigenvalue weighted by Crippen LogP contribution is -2.39. The summed E-state index contributed by atoms with van der Waals surface area (Å²) >= 11 is 0. The first-order valence-electron chi connectivity index (χ1n) is 5.68. The Balaban J connectivity index is 3.02. The van der Waals surface area contributed by atoms with Crippen LogP contribution in [0.1, 0.15) is 32.4 Å². The minimum atomic E-state index is -4.28. The molecule has 102 valence electrons. The number of anilines is 1. The van der Waals surface area contributed by atoms with Gasteiger partial charge in [-0.3, -0.25) is 0 Å². The monoisotopic (exact) mass is 262 g/mol. The lowest BCUT2D eigenvalue weighted by atomic mass is 10.1. The number of aliphatic hydroxyl groups is 1. The van der Waals surface area contributed by atoms with Gasteiger partial charge in [0.05, 0.1) is 6.10 Å². The second-order valence-electron chi connectivity index (χ2n) is 4.46. The zero-order chi connectivity index (χ0) is 13.9. The average Bonchev–Trinajstić information content (AvgIpc) is 2.24. The van der Waals surface area contributed by atoms with Crippen LogP contribution in [-0.4, -0.2) is 28.9 Å². The van der Waals surface area contributed by atoms with Gasteiger partial charge in [0.1, 0.15) is 12.4 Å². The quantitative estimate of drug-likeness (QED) is 0.906. The molecule has 0 spiro atoms. The van der Waals surface area contributed by atoms with Crippen molar-refractivity contribution in [2.75, 3.05) is 11.4 Å². The van der Waals surface area contributed by atoms with Crippen molar-refractivity contribution in [2.45, 2.75) is 39.1 Å². The molecule has 0 aliphatic carbocycles. The third kappa shape index (κ3) is 4.18. The molecule has 1 aromatic heterocycles. The summed E-state index contributed by atoms with van der Waals surface area (Å²) < 4.78 is 37.5. The third-order valence-corrected chi connectivity index (χ3v) is 2.52. The highest BCUT2D eigenvalue weighted by atomic mass is 19.4. The Morgan fingerprint density at radius 1 is 1.33 bits per heavy atom. The Morgan fingerprint density at radius 3 is 2.39 bits per heavy atom. The molecule has 1 aromatic rings. The van der Waals surface area contributed by atoms with Gasteiger partial charge in [0.25, 0.3) is 0 Å². The van der Waals surface area contributed by atoms with Crippen molar-refractivity contribution >= 4 is 5.82 Å². The van der Waals surface area contributed by atoms with Crippen LogP contribution in [-0.2, 0) is 0 Å². The highest BCUT2D eigenvalue weighted by Crippen LogP contribution is 2.24.